The van der Waals surface area contributed by atoms with Crippen LogP contribution in [-0.2, 0) is 11.8 Å². The van der Waals surface area contributed by atoms with Gasteiger partial charge in [0, 0.05) is 6.20 Å². The fourth-order valence-electron chi connectivity index (χ4n) is 2.00. The Balaban J connectivity index is 2.24. The van der Waals surface area contributed by atoms with E-state index in [2.05, 4.69) is 4.98 Å². The van der Waals surface area contributed by atoms with Crippen LogP contribution >= 0.6 is 11.3 Å². The lowest BCUT2D eigenvalue weighted by atomic mass is 9.84. The Bertz CT molecular complexity index is 368. The summed E-state index contributed by atoms with van der Waals surface area (Å²) in [5, 5.41) is 9.35. The second-order valence-corrected chi connectivity index (χ2v) is 5.15. The Kier molecular flexibility index (Phi) is 2.96. The summed E-state index contributed by atoms with van der Waals surface area (Å²) in [5.74, 6) is 0. The van der Waals surface area contributed by atoms with Crippen molar-refractivity contribution in [2.45, 2.75) is 43.9 Å². The quantitative estimate of drug-likeness (QED) is 0.830. The number of rotatable bonds is 1. The third kappa shape index (κ3) is 2.22. The van der Waals surface area contributed by atoms with E-state index in [1.54, 1.807) is 0 Å². The van der Waals surface area contributed by atoms with Gasteiger partial charge in [-0.25, -0.2) is 4.98 Å². The van der Waals surface area contributed by atoms with Gasteiger partial charge in [0.25, 0.3) is 0 Å². The van der Waals surface area contributed by atoms with E-state index >= 15 is 0 Å². The first kappa shape index (κ1) is 11.9. The average molecular weight is 251 g/mol. The summed E-state index contributed by atoms with van der Waals surface area (Å²) < 4.78 is 37.1. The molecule has 0 atom stereocenters. The molecule has 1 aromatic rings. The minimum absolute atomic E-state index is 0.347. The fourth-order valence-corrected chi connectivity index (χ4v) is 2.93. The molecule has 0 bridgehead atoms. The highest BCUT2D eigenvalue weighted by Crippen LogP contribution is 2.42. The van der Waals surface area contributed by atoms with E-state index in [1.165, 1.54) is 6.20 Å². The van der Waals surface area contributed by atoms with Gasteiger partial charge in [0.2, 0.25) is 0 Å². The van der Waals surface area contributed by atoms with Crippen molar-refractivity contribution >= 4 is 11.3 Å². The van der Waals surface area contributed by atoms with Gasteiger partial charge >= 0.3 is 6.18 Å². The van der Waals surface area contributed by atoms with Crippen molar-refractivity contribution in [2.75, 3.05) is 0 Å². The van der Waals surface area contributed by atoms with Crippen molar-refractivity contribution < 1.29 is 18.3 Å². The predicted octanol–water partition coefficient (Wildman–Crippen LogP) is 3.31. The second-order valence-electron chi connectivity index (χ2n) is 4.12. The van der Waals surface area contributed by atoms with Gasteiger partial charge < -0.3 is 5.11 Å². The first-order valence-corrected chi connectivity index (χ1v) is 5.99. The number of hydrogen-bond donors (Lipinski definition) is 1. The molecule has 6 heteroatoms. The Morgan fingerprint density at radius 1 is 1.25 bits per heavy atom. The number of hydrogen-bond acceptors (Lipinski definition) is 3. The maximum Gasteiger partial charge on any atom is 0.443 e. The van der Waals surface area contributed by atoms with Crippen LogP contribution in [0.25, 0.3) is 0 Å². The lowest BCUT2D eigenvalue weighted by Crippen LogP contribution is -2.27. The number of alkyl halides is 3. The standard InChI is InChI=1S/C10H12F3NOS/c11-10(12,13)8-14-6-7(16-8)9(15)4-2-1-3-5-9/h6,15H,1-5H2. The third-order valence-electron chi connectivity index (χ3n) is 2.89. The van der Waals surface area contributed by atoms with Gasteiger partial charge in [0.1, 0.15) is 5.60 Å². The van der Waals surface area contributed by atoms with E-state index in [4.69, 9.17) is 0 Å². The first-order valence-electron chi connectivity index (χ1n) is 5.18. The van der Waals surface area contributed by atoms with Crippen LogP contribution in [0.1, 0.15) is 42.0 Å². The van der Waals surface area contributed by atoms with E-state index in [9.17, 15) is 18.3 Å². The predicted molar refractivity (Wildman–Crippen MR) is 54.1 cm³/mol. The van der Waals surface area contributed by atoms with Gasteiger partial charge in [-0.2, -0.15) is 13.2 Å². The largest absolute Gasteiger partial charge is 0.443 e. The molecule has 0 saturated heterocycles. The Hall–Kier alpha value is -0.620. The number of nitrogens with zero attached hydrogens (tertiary/aromatic N) is 1. The Labute approximate surface area is 95.1 Å². The monoisotopic (exact) mass is 251 g/mol. The molecule has 0 aromatic carbocycles. The van der Waals surface area contributed by atoms with Crippen LogP contribution in [0, 0.1) is 0 Å². The lowest BCUT2D eigenvalue weighted by Gasteiger charge is -2.30. The van der Waals surface area contributed by atoms with Crippen LogP contribution < -0.4 is 0 Å². The SMILES string of the molecule is OC1(c2cnc(C(F)(F)F)s2)CCCCC1. The topological polar surface area (TPSA) is 33.1 Å². The molecule has 1 saturated carbocycles. The van der Waals surface area contributed by atoms with Crippen LogP contribution in [0.15, 0.2) is 6.20 Å². The highest BCUT2D eigenvalue weighted by Gasteiger charge is 2.39. The average Bonchev–Trinajstić information content (AvgIpc) is 2.67. The molecule has 0 aliphatic heterocycles. The normalized spacial score (nSPS) is 21.0. The van der Waals surface area contributed by atoms with Crippen LogP contribution in [0.3, 0.4) is 0 Å². The summed E-state index contributed by atoms with van der Waals surface area (Å²) >= 11 is 0.559. The van der Waals surface area contributed by atoms with E-state index in [-0.39, 0.29) is 0 Å². The molecule has 2 rings (SSSR count). The Morgan fingerprint density at radius 2 is 1.88 bits per heavy atom. The van der Waals surface area contributed by atoms with Gasteiger partial charge in [-0.3, -0.25) is 0 Å². The van der Waals surface area contributed by atoms with Crippen molar-refractivity contribution in [3.8, 4) is 0 Å². The molecule has 1 aromatic heterocycles. The van der Waals surface area contributed by atoms with E-state index < -0.39 is 16.8 Å². The summed E-state index contributed by atoms with van der Waals surface area (Å²) in [6.07, 6.45) is 0.574. The molecule has 90 valence electrons. The molecular weight excluding hydrogens is 239 g/mol. The van der Waals surface area contributed by atoms with Crippen LogP contribution in [0.2, 0.25) is 0 Å². The van der Waals surface area contributed by atoms with E-state index in [0.29, 0.717) is 29.1 Å². The lowest BCUT2D eigenvalue weighted by molar-refractivity contribution is -0.137. The van der Waals surface area contributed by atoms with Gasteiger partial charge in [-0.15, -0.1) is 11.3 Å². The van der Waals surface area contributed by atoms with Crippen molar-refractivity contribution in [1.29, 1.82) is 0 Å². The zero-order chi connectivity index (χ0) is 11.8. The van der Waals surface area contributed by atoms with Crippen molar-refractivity contribution in [3.63, 3.8) is 0 Å². The fraction of sp³-hybridized carbons (Fsp3) is 0.700. The minimum atomic E-state index is -4.41. The van der Waals surface area contributed by atoms with E-state index in [1.807, 2.05) is 0 Å². The number of aliphatic hydroxyl groups is 1. The zero-order valence-electron chi connectivity index (χ0n) is 8.55. The molecule has 1 aliphatic carbocycles. The molecule has 1 aliphatic rings. The summed E-state index contributed by atoms with van der Waals surface area (Å²) in [6.45, 7) is 0. The molecule has 0 unspecified atom stereocenters. The van der Waals surface area contributed by atoms with Crippen LogP contribution in [0.5, 0.6) is 0 Å². The molecule has 2 nitrogen and oxygen atoms in total. The van der Waals surface area contributed by atoms with Crippen molar-refractivity contribution in [3.05, 3.63) is 16.1 Å². The van der Waals surface area contributed by atoms with E-state index in [0.717, 1.165) is 19.3 Å². The summed E-state index contributed by atoms with van der Waals surface area (Å²) in [6, 6.07) is 0. The van der Waals surface area contributed by atoms with Gasteiger partial charge in [-0.1, -0.05) is 19.3 Å². The first-order chi connectivity index (χ1) is 7.42. The molecule has 0 amide bonds. The molecule has 0 radical (unpaired) electrons. The Morgan fingerprint density at radius 3 is 2.38 bits per heavy atom. The number of aromatic nitrogens is 1. The summed E-state index contributed by atoms with van der Waals surface area (Å²) in [7, 11) is 0. The third-order valence-corrected chi connectivity index (χ3v) is 4.12. The van der Waals surface area contributed by atoms with Crippen LogP contribution in [-0.4, -0.2) is 10.1 Å². The summed E-state index contributed by atoms with van der Waals surface area (Å²) in [5.41, 5.74) is -1.08. The molecule has 16 heavy (non-hydrogen) atoms. The molecule has 0 spiro atoms. The van der Waals surface area contributed by atoms with Gasteiger partial charge in [0.15, 0.2) is 5.01 Å². The van der Waals surface area contributed by atoms with Crippen molar-refractivity contribution in [2.24, 2.45) is 0 Å². The summed E-state index contributed by atoms with van der Waals surface area (Å²) in [4.78, 5) is 3.69. The van der Waals surface area contributed by atoms with Crippen LogP contribution in [0.4, 0.5) is 13.2 Å². The number of thiazole rings is 1. The minimum Gasteiger partial charge on any atom is -0.384 e. The highest BCUT2D eigenvalue weighted by molar-refractivity contribution is 7.11. The molecule has 1 N–H and O–H groups in total. The van der Waals surface area contributed by atoms with Gasteiger partial charge in [0.05, 0.1) is 4.88 Å². The molecule has 1 fully saturated rings. The zero-order valence-corrected chi connectivity index (χ0v) is 9.37. The highest BCUT2D eigenvalue weighted by atomic mass is 32.1. The number of halogens is 3. The van der Waals surface area contributed by atoms with Crippen molar-refractivity contribution in [1.82, 2.24) is 4.98 Å². The molecular formula is C10H12F3NOS. The maximum absolute atomic E-state index is 12.4. The molecule has 1 heterocycles. The maximum atomic E-state index is 12.4. The van der Waals surface area contributed by atoms with Gasteiger partial charge in [-0.05, 0) is 12.8 Å². The smallest absolute Gasteiger partial charge is 0.384 e. The second kappa shape index (κ2) is 4.00.